The fraction of sp³-hybridized carbons (Fsp3) is 0.667. The van der Waals surface area contributed by atoms with Gasteiger partial charge in [0.05, 0.1) is 37.6 Å². The average molecular weight is 683 g/mol. The van der Waals surface area contributed by atoms with Crippen molar-refractivity contribution in [3.8, 4) is 0 Å². The van der Waals surface area contributed by atoms with Crippen LogP contribution in [0.3, 0.4) is 0 Å². The second kappa shape index (κ2) is 34.2. The molecule has 0 radical (unpaired) electrons. The van der Waals surface area contributed by atoms with Gasteiger partial charge >= 0.3 is 11.9 Å². The molecule has 1 aromatic carbocycles. The zero-order valence-electron chi connectivity index (χ0n) is 28.7. The van der Waals surface area contributed by atoms with Gasteiger partial charge in [0.15, 0.2) is 0 Å². The van der Waals surface area contributed by atoms with Crippen LogP contribution < -0.4 is 0 Å². The maximum Gasteiger partial charge on any atom is 0.338 e. The van der Waals surface area contributed by atoms with E-state index in [1.54, 1.807) is 30.4 Å². The molecule has 0 atom stereocenters. The van der Waals surface area contributed by atoms with Crippen LogP contribution in [-0.2, 0) is 47.4 Å². The van der Waals surface area contributed by atoms with E-state index in [0.29, 0.717) is 92.5 Å². The Morgan fingerprint density at radius 3 is 1.04 bits per heavy atom. The summed E-state index contributed by atoms with van der Waals surface area (Å²) in [5.74, 6) is -1.07. The van der Waals surface area contributed by atoms with Gasteiger partial charge < -0.3 is 47.4 Å². The Balaban J connectivity index is 1.95. The Bertz CT molecular complexity index is 857. The molecule has 0 spiro atoms. The van der Waals surface area contributed by atoms with Crippen molar-refractivity contribution in [1.29, 1.82) is 0 Å². The maximum atomic E-state index is 12.4. The number of carbonyl (C=O) groups excluding carboxylic acids is 2. The van der Waals surface area contributed by atoms with E-state index in [1.165, 1.54) is 6.07 Å². The standard InChI is InChI=1S/C36H58O12/c1-3-14-39-16-6-18-41-20-8-22-43-24-10-26-45-28-30-47-35(37)33-12-5-13-34(32-33)36(38)48-31-29-46-27-11-25-44-23-9-21-42-19-7-17-40-15-4-2/h3-5,12-13,32H,1-2,6-11,14-31H2. The lowest BCUT2D eigenvalue weighted by Crippen LogP contribution is -2.14. The minimum absolute atomic E-state index is 0.105. The first-order valence-corrected chi connectivity index (χ1v) is 17.0. The molecule has 0 aliphatic carbocycles. The van der Waals surface area contributed by atoms with Gasteiger partial charge in [-0.2, -0.15) is 0 Å². The Labute approximate surface area is 286 Å². The normalized spacial score (nSPS) is 11.0. The van der Waals surface area contributed by atoms with Crippen molar-refractivity contribution in [1.82, 2.24) is 0 Å². The highest BCUT2D eigenvalue weighted by molar-refractivity contribution is 5.95. The van der Waals surface area contributed by atoms with Gasteiger partial charge in [0, 0.05) is 79.3 Å². The summed E-state index contributed by atoms with van der Waals surface area (Å²) in [6.07, 6.45) is 8.34. The largest absolute Gasteiger partial charge is 0.460 e. The van der Waals surface area contributed by atoms with E-state index in [0.717, 1.165) is 38.5 Å². The van der Waals surface area contributed by atoms with Crippen molar-refractivity contribution in [2.45, 2.75) is 38.5 Å². The SMILES string of the molecule is C=CCOCCCOCCCOCCCOCCOC(=O)c1cccc(C(=O)OCCOCCCOCCCOCCCOCC=C)c1. The summed E-state index contributed by atoms with van der Waals surface area (Å²) < 4.78 is 54.3. The van der Waals surface area contributed by atoms with Crippen LogP contribution in [0.1, 0.15) is 59.2 Å². The van der Waals surface area contributed by atoms with E-state index in [-0.39, 0.29) is 37.6 Å². The van der Waals surface area contributed by atoms with E-state index in [2.05, 4.69) is 13.2 Å². The predicted molar refractivity (Wildman–Crippen MR) is 182 cm³/mol. The fourth-order valence-electron chi connectivity index (χ4n) is 3.85. The van der Waals surface area contributed by atoms with Gasteiger partial charge in [-0.3, -0.25) is 0 Å². The molecule has 0 unspecified atom stereocenters. The molecule has 0 amide bonds. The Kier molecular flexibility index (Phi) is 30.9. The van der Waals surface area contributed by atoms with Crippen LogP contribution >= 0.6 is 0 Å². The second-order valence-electron chi connectivity index (χ2n) is 10.4. The zero-order chi connectivity index (χ0) is 34.6. The molecule has 1 rings (SSSR count). The highest BCUT2D eigenvalue weighted by Crippen LogP contribution is 2.09. The highest BCUT2D eigenvalue weighted by Gasteiger charge is 2.12. The van der Waals surface area contributed by atoms with Crippen molar-refractivity contribution < 1.29 is 57.0 Å². The second-order valence-corrected chi connectivity index (χ2v) is 10.4. The number of carbonyl (C=O) groups is 2. The van der Waals surface area contributed by atoms with Gasteiger partial charge in [-0.1, -0.05) is 18.2 Å². The van der Waals surface area contributed by atoms with Gasteiger partial charge in [0.2, 0.25) is 0 Å². The molecule has 0 aromatic heterocycles. The summed E-state index contributed by atoms with van der Waals surface area (Å²) in [6, 6.07) is 6.23. The van der Waals surface area contributed by atoms with Crippen LogP contribution in [0.4, 0.5) is 0 Å². The number of rotatable bonds is 36. The first-order chi connectivity index (χ1) is 23.7. The summed E-state index contributed by atoms with van der Waals surface area (Å²) in [5, 5.41) is 0. The van der Waals surface area contributed by atoms with Crippen LogP contribution in [0.5, 0.6) is 0 Å². The molecule has 0 bridgehead atoms. The smallest absolute Gasteiger partial charge is 0.338 e. The lowest BCUT2D eigenvalue weighted by atomic mass is 10.1. The van der Waals surface area contributed by atoms with Crippen molar-refractivity contribution in [3.05, 3.63) is 60.7 Å². The fourth-order valence-corrected chi connectivity index (χ4v) is 3.85. The molecule has 12 heteroatoms. The Hall–Kier alpha value is -2.68. The molecular weight excluding hydrogens is 624 g/mol. The molecule has 12 nitrogen and oxygen atoms in total. The van der Waals surface area contributed by atoms with Crippen LogP contribution in [0, 0.1) is 0 Å². The summed E-state index contributed by atoms with van der Waals surface area (Å²) in [7, 11) is 0. The monoisotopic (exact) mass is 682 g/mol. The minimum Gasteiger partial charge on any atom is -0.460 e. The van der Waals surface area contributed by atoms with Crippen molar-refractivity contribution in [3.63, 3.8) is 0 Å². The van der Waals surface area contributed by atoms with Crippen LogP contribution in [0.2, 0.25) is 0 Å². The molecule has 0 aliphatic heterocycles. The van der Waals surface area contributed by atoms with Crippen LogP contribution in [0.25, 0.3) is 0 Å². The molecule has 0 saturated carbocycles. The molecule has 1 aromatic rings. The van der Waals surface area contributed by atoms with E-state index in [4.69, 9.17) is 47.4 Å². The average Bonchev–Trinajstić information content (AvgIpc) is 3.10. The lowest BCUT2D eigenvalue weighted by molar-refractivity contribution is 0.0249. The molecule has 0 saturated heterocycles. The Morgan fingerprint density at radius 2 is 0.729 bits per heavy atom. The van der Waals surface area contributed by atoms with E-state index < -0.39 is 11.9 Å². The number of esters is 2. The van der Waals surface area contributed by atoms with Gasteiger partial charge in [-0.25, -0.2) is 9.59 Å². The van der Waals surface area contributed by atoms with E-state index >= 15 is 0 Å². The quantitative estimate of drug-likeness (QED) is 0.0546. The number of hydrogen-bond donors (Lipinski definition) is 0. The summed E-state index contributed by atoms with van der Waals surface area (Å²) in [5.41, 5.74) is 0.527. The Morgan fingerprint density at radius 1 is 0.438 bits per heavy atom. The molecule has 0 aliphatic rings. The summed E-state index contributed by atoms with van der Waals surface area (Å²) in [4.78, 5) is 24.8. The van der Waals surface area contributed by atoms with Crippen molar-refractivity contribution in [2.24, 2.45) is 0 Å². The van der Waals surface area contributed by atoms with Crippen LogP contribution in [-0.4, -0.2) is 131 Å². The van der Waals surface area contributed by atoms with E-state index in [1.807, 2.05) is 0 Å². The summed E-state index contributed by atoms with van der Waals surface area (Å²) in [6.45, 7) is 16.6. The first-order valence-electron chi connectivity index (χ1n) is 17.0. The summed E-state index contributed by atoms with van der Waals surface area (Å²) >= 11 is 0. The van der Waals surface area contributed by atoms with Gasteiger partial charge in [-0.15, -0.1) is 13.2 Å². The highest BCUT2D eigenvalue weighted by atomic mass is 16.6. The van der Waals surface area contributed by atoms with Gasteiger partial charge in [0.25, 0.3) is 0 Å². The van der Waals surface area contributed by atoms with Gasteiger partial charge in [-0.05, 0) is 56.7 Å². The molecule has 0 N–H and O–H groups in total. The van der Waals surface area contributed by atoms with E-state index in [9.17, 15) is 9.59 Å². The first kappa shape index (κ1) is 43.3. The molecule has 274 valence electrons. The zero-order valence-corrected chi connectivity index (χ0v) is 28.7. The molecule has 0 fully saturated rings. The third kappa shape index (κ3) is 27.3. The molecular formula is C36H58O12. The van der Waals surface area contributed by atoms with Gasteiger partial charge in [0.1, 0.15) is 13.2 Å². The number of benzene rings is 1. The molecule has 0 heterocycles. The number of hydrogen-bond acceptors (Lipinski definition) is 12. The maximum absolute atomic E-state index is 12.4. The van der Waals surface area contributed by atoms with Crippen molar-refractivity contribution >= 4 is 11.9 Å². The third-order valence-electron chi connectivity index (χ3n) is 6.19. The number of ether oxygens (including phenoxy) is 10. The minimum atomic E-state index is -0.536. The molecule has 48 heavy (non-hydrogen) atoms. The predicted octanol–water partition coefficient (Wildman–Crippen LogP) is 4.85. The van der Waals surface area contributed by atoms with Crippen molar-refractivity contribution in [2.75, 3.05) is 119 Å². The van der Waals surface area contributed by atoms with Crippen LogP contribution in [0.15, 0.2) is 49.6 Å². The lowest BCUT2D eigenvalue weighted by Gasteiger charge is -2.09. The third-order valence-corrected chi connectivity index (χ3v) is 6.19. The topological polar surface area (TPSA) is 126 Å².